The van der Waals surface area contributed by atoms with E-state index in [0.29, 0.717) is 16.9 Å². The van der Waals surface area contributed by atoms with E-state index in [9.17, 15) is 9.59 Å². The van der Waals surface area contributed by atoms with Crippen LogP contribution >= 0.6 is 11.6 Å². The molecule has 0 fully saturated rings. The van der Waals surface area contributed by atoms with Crippen molar-refractivity contribution in [1.29, 1.82) is 0 Å². The SMILES string of the molecule is O=C(COC(=O)c1ccc(-n2cnnn2)cc1)Nc1cccnc1Cl. The molecule has 2 aromatic heterocycles. The number of rotatable bonds is 5. The molecule has 0 bridgehead atoms. The van der Waals surface area contributed by atoms with Gasteiger partial charge in [0.05, 0.1) is 16.9 Å². The summed E-state index contributed by atoms with van der Waals surface area (Å²) in [6.07, 6.45) is 2.93. The molecule has 3 rings (SSSR count). The normalized spacial score (nSPS) is 10.3. The van der Waals surface area contributed by atoms with Gasteiger partial charge in [0.2, 0.25) is 0 Å². The maximum absolute atomic E-state index is 12.0. The second-order valence-corrected chi connectivity index (χ2v) is 5.13. The smallest absolute Gasteiger partial charge is 0.338 e. The predicted octanol–water partition coefficient (Wildman–Crippen LogP) is 1.51. The molecule has 1 aromatic carbocycles. The lowest BCUT2D eigenvalue weighted by Crippen LogP contribution is -2.21. The molecule has 0 saturated carbocycles. The molecule has 9 nitrogen and oxygen atoms in total. The van der Waals surface area contributed by atoms with E-state index in [-0.39, 0.29) is 5.15 Å². The van der Waals surface area contributed by atoms with Gasteiger partial charge in [-0.1, -0.05) is 11.6 Å². The third kappa shape index (κ3) is 4.15. The number of pyridine rings is 1. The van der Waals surface area contributed by atoms with Gasteiger partial charge in [-0.15, -0.1) is 5.10 Å². The minimum atomic E-state index is -0.629. The van der Waals surface area contributed by atoms with Crippen LogP contribution in [0.1, 0.15) is 10.4 Å². The average molecular weight is 359 g/mol. The topological polar surface area (TPSA) is 112 Å². The third-order valence-corrected chi connectivity index (χ3v) is 3.39. The Morgan fingerprint density at radius 3 is 2.68 bits per heavy atom. The van der Waals surface area contributed by atoms with Gasteiger partial charge in [-0.05, 0) is 46.8 Å². The minimum Gasteiger partial charge on any atom is -0.452 e. The standard InChI is InChI=1S/C15H11ClN6O3/c16-14-12(2-1-7-17-14)19-13(23)8-25-15(24)10-3-5-11(6-4-10)22-9-18-20-21-22/h1-7,9H,8H2,(H,19,23). The molecule has 0 radical (unpaired) electrons. The van der Waals surface area contributed by atoms with Crippen LogP contribution in [0.2, 0.25) is 5.15 Å². The molecular formula is C15H11ClN6O3. The third-order valence-electron chi connectivity index (χ3n) is 3.08. The Morgan fingerprint density at radius 1 is 1.20 bits per heavy atom. The number of nitrogens with one attached hydrogen (secondary N) is 1. The summed E-state index contributed by atoms with van der Waals surface area (Å²) in [7, 11) is 0. The van der Waals surface area contributed by atoms with Crippen molar-refractivity contribution in [3.8, 4) is 5.69 Å². The highest BCUT2D eigenvalue weighted by Gasteiger charge is 2.12. The summed E-state index contributed by atoms with van der Waals surface area (Å²) < 4.78 is 6.42. The van der Waals surface area contributed by atoms with Crippen LogP contribution in [0.25, 0.3) is 5.69 Å². The first-order valence-electron chi connectivity index (χ1n) is 7.04. The lowest BCUT2D eigenvalue weighted by atomic mass is 10.2. The summed E-state index contributed by atoms with van der Waals surface area (Å²) in [4.78, 5) is 27.6. The summed E-state index contributed by atoms with van der Waals surface area (Å²) in [5.41, 5.74) is 1.32. The highest BCUT2D eigenvalue weighted by molar-refractivity contribution is 6.32. The maximum Gasteiger partial charge on any atom is 0.338 e. The van der Waals surface area contributed by atoms with Crippen molar-refractivity contribution in [2.45, 2.75) is 0 Å². The number of carbonyl (C=O) groups is 2. The Kier molecular flexibility index (Phi) is 4.95. The maximum atomic E-state index is 12.0. The summed E-state index contributed by atoms with van der Waals surface area (Å²) in [5, 5.41) is 13.5. The van der Waals surface area contributed by atoms with Gasteiger partial charge in [0.25, 0.3) is 5.91 Å². The number of esters is 1. The number of amides is 1. The quantitative estimate of drug-likeness (QED) is 0.543. The Bertz CT molecular complexity index is 883. The highest BCUT2D eigenvalue weighted by atomic mass is 35.5. The number of anilines is 1. The van der Waals surface area contributed by atoms with Gasteiger partial charge in [-0.3, -0.25) is 4.79 Å². The fourth-order valence-electron chi connectivity index (χ4n) is 1.91. The van der Waals surface area contributed by atoms with Crippen molar-refractivity contribution in [3.63, 3.8) is 0 Å². The molecule has 2 heterocycles. The van der Waals surface area contributed by atoms with E-state index < -0.39 is 18.5 Å². The van der Waals surface area contributed by atoms with Gasteiger partial charge in [-0.2, -0.15) is 0 Å². The van der Waals surface area contributed by atoms with Gasteiger partial charge in [0.15, 0.2) is 11.8 Å². The first-order valence-corrected chi connectivity index (χ1v) is 7.42. The summed E-state index contributed by atoms with van der Waals surface area (Å²) in [6.45, 7) is -0.446. The van der Waals surface area contributed by atoms with Crippen molar-refractivity contribution in [1.82, 2.24) is 25.2 Å². The number of carbonyl (C=O) groups excluding carboxylic acids is 2. The summed E-state index contributed by atoms with van der Waals surface area (Å²) >= 11 is 5.83. The summed E-state index contributed by atoms with van der Waals surface area (Å²) in [6, 6.07) is 9.63. The van der Waals surface area contributed by atoms with Crippen LogP contribution in [-0.4, -0.2) is 43.7 Å². The van der Waals surface area contributed by atoms with Crippen molar-refractivity contribution in [2.24, 2.45) is 0 Å². The number of tetrazole rings is 1. The first kappa shape index (κ1) is 16.5. The predicted molar refractivity (Wildman–Crippen MR) is 87.3 cm³/mol. The number of ether oxygens (including phenoxy) is 1. The van der Waals surface area contributed by atoms with Gasteiger partial charge in [0.1, 0.15) is 6.33 Å². The van der Waals surface area contributed by atoms with Gasteiger partial charge in [0, 0.05) is 6.20 Å². The van der Waals surface area contributed by atoms with Crippen molar-refractivity contribution < 1.29 is 14.3 Å². The monoisotopic (exact) mass is 358 g/mol. The molecule has 1 N–H and O–H groups in total. The molecule has 10 heteroatoms. The van der Waals surface area contributed by atoms with Crippen molar-refractivity contribution in [2.75, 3.05) is 11.9 Å². The molecule has 0 saturated heterocycles. The lowest BCUT2D eigenvalue weighted by molar-refractivity contribution is -0.119. The molecule has 0 aliphatic heterocycles. The van der Waals surface area contributed by atoms with E-state index in [1.165, 1.54) is 17.2 Å². The van der Waals surface area contributed by atoms with E-state index in [0.717, 1.165) is 0 Å². The fraction of sp³-hybridized carbons (Fsp3) is 0.0667. The van der Waals surface area contributed by atoms with Gasteiger partial charge in [-0.25, -0.2) is 14.5 Å². The number of hydrogen-bond acceptors (Lipinski definition) is 7. The molecule has 0 aliphatic rings. The van der Waals surface area contributed by atoms with Gasteiger partial charge >= 0.3 is 5.97 Å². The number of benzene rings is 1. The fourth-order valence-corrected chi connectivity index (χ4v) is 2.08. The Labute approximate surface area is 146 Å². The number of nitrogens with zero attached hydrogens (tertiary/aromatic N) is 5. The molecule has 0 unspecified atom stereocenters. The highest BCUT2D eigenvalue weighted by Crippen LogP contribution is 2.17. The molecule has 1 amide bonds. The lowest BCUT2D eigenvalue weighted by Gasteiger charge is -2.07. The molecular weight excluding hydrogens is 348 g/mol. The zero-order valence-electron chi connectivity index (χ0n) is 12.7. The van der Waals surface area contributed by atoms with Crippen LogP contribution in [0.5, 0.6) is 0 Å². The first-order chi connectivity index (χ1) is 12.1. The zero-order chi connectivity index (χ0) is 17.6. The van der Waals surface area contributed by atoms with Crippen molar-refractivity contribution in [3.05, 3.63) is 59.6 Å². The second kappa shape index (κ2) is 7.49. The van der Waals surface area contributed by atoms with Crippen LogP contribution in [0, 0.1) is 0 Å². The minimum absolute atomic E-state index is 0.153. The van der Waals surface area contributed by atoms with Crippen LogP contribution < -0.4 is 5.32 Å². The molecule has 0 aliphatic carbocycles. The van der Waals surface area contributed by atoms with E-state index in [2.05, 4.69) is 25.8 Å². The average Bonchev–Trinajstić information content (AvgIpc) is 3.16. The second-order valence-electron chi connectivity index (χ2n) is 4.77. The zero-order valence-corrected chi connectivity index (χ0v) is 13.4. The molecule has 25 heavy (non-hydrogen) atoms. The van der Waals surface area contributed by atoms with Crippen LogP contribution in [0.3, 0.4) is 0 Å². The molecule has 126 valence electrons. The molecule has 0 spiro atoms. The van der Waals surface area contributed by atoms with Gasteiger partial charge < -0.3 is 10.1 Å². The Balaban J connectivity index is 1.55. The van der Waals surface area contributed by atoms with E-state index in [1.807, 2.05) is 0 Å². The van der Waals surface area contributed by atoms with E-state index in [1.54, 1.807) is 36.4 Å². The van der Waals surface area contributed by atoms with E-state index >= 15 is 0 Å². The van der Waals surface area contributed by atoms with Crippen LogP contribution in [0.4, 0.5) is 5.69 Å². The number of hydrogen-bond donors (Lipinski definition) is 1. The Hall–Kier alpha value is -3.33. The number of aromatic nitrogens is 5. The van der Waals surface area contributed by atoms with E-state index in [4.69, 9.17) is 16.3 Å². The molecule has 0 atom stereocenters. The largest absolute Gasteiger partial charge is 0.452 e. The number of halogens is 1. The van der Waals surface area contributed by atoms with Crippen LogP contribution in [-0.2, 0) is 9.53 Å². The molecule has 3 aromatic rings. The Morgan fingerprint density at radius 2 is 2.00 bits per heavy atom. The van der Waals surface area contributed by atoms with Crippen molar-refractivity contribution >= 4 is 29.2 Å². The van der Waals surface area contributed by atoms with Crippen LogP contribution in [0.15, 0.2) is 48.9 Å². The summed E-state index contributed by atoms with van der Waals surface area (Å²) in [5.74, 6) is -1.15.